The summed E-state index contributed by atoms with van der Waals surface area (Å²) in [5.74, 6) is -1.73. The maximum atomic E-state index is 12.1. The standard InChI is InChI=1S/C29H30N2O7.BrH/c1-14-22-13-31(12-11-20(22)15(2)25-24(14)21-9-7-8-10-23(21)30-25)29-28(38-19(6)34)27(37-18(5)33)26(16(3)35-29)36-17(4)32;/h7-13,16,26-29H,1-6H3;1H/t16-,26+,27+,28-,29-;/m0./s1. The minimum Gasteiger partial charge on any atom is -1.00 e. The monoisotopic (exact) mass is 598 g/mol. The number of esters is 3. The van der Waals surface area contributed by atoms with Crippen LogP contribution >= 0.6 is 0 Å². The van der Waals surface area contributed by atoms with Crippen molar-refractivity contribution in [3.05, 3.63) is 53.9 Å². The second-order valence-electron chi connectivity index (χ2n) is 9.84. The van der Waals surface area contributed by atoms with E-state index < -0.39 is 48.6 Å². The average molecular weight is 599 g/mol. The Morgan fingerprint density at radius 3 is 2.10 bits per heavy atom. The van der Waals surface area contributed by atoms with E-state index in [2.05, 4.69) is 31.0 Å². The number of nitrogens with zero attached hydrogens (tertiary/aromatic N) is 1. The van der Waals surface area contributed by atoms with Crippen molar-refractivity contribution < 1.29 is 54.9 Å². The molecule has 0 unspecified atom stereocenters. The van der Waals surface area contributed by atoms with E-state index in [4.69, 9.17) is 18.9 Å². The normalized spacial score (nSPS) is 22.9. The zero-order valence-corrected chi connectivity index (χ0v) is 24.2. The topological polar surface area (TPSA) is 108 Å². The molecule has 206 valence electrons. The third-order valence-electron chi connectivity index (χ3n) is 7.19. The van der Waals surface area contributed by atoms with Gasteiger partial charge >= 0.3 is 24.1 Å². The van der Waals surface area contributed by atoms with Crippen molar-refractivity contribution >= 4 is 50.5 Å². The Kier molecular flexibility index (Phi) is 7.99. The fourth-order valence-corrected chi connectivity index (χ4v) is 5.61. The summed E-state index contributed by atoms with van der Waals surface area (Å²) in [5.41, 5.74) is 4.37. The molecule has 39 heavy (non-hydrogen) atoms. The van der Waals surface area contributed by atoms with Gasteiger partial charge in [-0.1, -0.05) is 18.2 Å². The fourth-order valence-electron chi connectivity index (χ4n) is 5.61. The highest BCUT2D eigenvalue weighted by atomic mass is 79.9. The molecule has 0 bridgehead atoms. The SMILES string of the molecule is CC(=O)O[C@@H]1[C@H](OC(C)=O)[C@H](C)O[C@H]([n+]2ccc3c(C)c4[nH]c5ccccc5c4c(C)c3c2)[C@H]1OC(C)=O.[Br-]. The van der Waals surface area contributed by atoms with Gasteiger partial charge in [0, 0.05) is 48.5 Å². The molecule has 5 rings (SSSR count). The summed E-state index contributed by atoms with van der Waals surface area (Å²) >= 11 is 0. The van der Waals surface area contributed by atoms with E-state index in [-0.39, 0.29) is 17.0 Å². The summed E-state index contributed by atoms with van der Waals surface area (Å²) in [4.78, 5) is 39.6. The first kappa shape index (κ1) is 28.5. The molecule has 1 aliphatic rings. The van der Waals surface area contributed by atoms with Crippen LogP contribution in [0.4, 0.5) is 0 Å². The molecule has 0 aliphatic carbocycles. The molecule has 0 saturated carbocycles. The third-order valence-corrected chi connectivity index (χ3v) is 7.19. The van der Waals surface area contributed by atoms with Gasteiger partial charge in [0.1, 0.15) is 6.10 Å². The number of pyridine rings is 1. The quantitative estimate of drug-likeness (QED) is 0.213. The summed E-state index contributed by atoms with van der Waals surface area (Å²) < 4.78 is 24.8. The van der Waals surface area contributed by atoms with Crippen LogP contribution in [0.15, 0.2) is 42.7 Å². The molecule has 1 fully saturated rings. The molecular weight excluding hydrogens is 568 g/mol. The van der Waals surface area contributed by atoms with E-state index in [9.17, 15) is 14.4 Å². The second kappa shape index (κ2) is 10.9. The second-order valence-corrected chi connectivity index (χ2v) is 9.84. The Labute approximate surface area is 236 Å². The van der Waals surface area contributed by atoms with Crippen LogP contribution in [-0.2, 0) is 33.3 Å². The number of ether oxygens (including phenoxy) is 4. The number of aromatic nitrogens is 2. The first-order chi connectivity index (χ1) is 18.1. The summed E-state index contributed by atoms with van der Waals surface area (Å²) in [6.45, 7) is 9.69. The van der Waals surface area contributed by atoms with E-state index in [0.29, 0.717) is 0 Å². The average Bonchev–Trinajstić information content (AvgIpc) is 3.25. The van der Waals surface area contributed by atoms with Crippen LogP contribution in [0.2, 0.25) is 0 Å². The zero-order chi connectivity index (χ0) is 27.3. The molecule has 0 amide bonds. The maximum absolute atomic E-state index is 12.1. The molecule has 5 atom stereocenters. The summed E-state index contributed by atoms with van der Waals surface area (Å²) in [5, 5.41) is 4.36. The molecule has 2 aromatic carbocycles. The molecule has 10 heteroatoms. The Bertz CT molecular complexity index is 1600. The summed E-state index contributed by atoms with van der Waals surface area (Å²) in [6, 6.07) is 10.2. The Hall–Kier alpha value is -3.50. The van der Waals surface area contributed by atoms with Crippen molar-refractivity contribution in [1.29, 1.82) is 0 Å². The van der Waals surface area contributed by atoms with Gasteiger partial charge in [-0.2, -0.15) is 4.57 Å². The van der Waals surface area contributed by atoms with Crippen LogP contribution in [0, 0.1) is 13.8 Å². The summed E-state index contributed by atoms with van der Waals surface area (Å²) in [7, 11) is 0. The fraction of sp³-hybridized carbons (Fsp3) is 0.379. The molecule has 0 radical (unpaired) electrons. The first-order valence-corrected chi connectivity index (χ1v) is 12.6. The molecule has 3 heterocycles. The van der Waals surface area contributed by atoms with Crippen LogP contribution < -0.4 is 21.5 Å². The van der Waals surface area contributed by atoms with Gasteiger partial charge < -0.3 is 40.9 Å². The molecular formula is C29H31BrN2O7. The zero-order valence-electron chi connectivity index (χ0n) is 22.6. The largest absolute Gasteiger partial charge is 1.00 e. The lowest BCUT2D eigenvalue weighted by atomic mass is 9.95. The van der Waals surface area contributed by atoms with E-state index in [1.807, 2.05) is 35.2 Å². The van der Waals surface area contributed by atoms with Gasteiger partial charge in [0.05, 0.1) is 5.52 Å². The molecule has 4 aromatic rings. The van der Waals surface area contributed by atoms with Crippen LogP contribution in [0.3, 0.4) is 0 Å². The number of aryl methyl sites for hydroxylation is 2. The van der Waals surface area contributed by atoms with E-state index in [0.717, 1.165) is 43.7 Å². The van der Waals surface area contributed by atoms with Gasteiger partial charge in [-0.25, -0.2) is 0 Å². The number of benzene rings is 2. The van der Waals surface area contributed by atoms with Gasteiger partial charge in [-0.15, -0.1) is 0 Å². The van der Waals surface area contributed by atoms with E-state index in [1.54, 1.807) is 6.92 Å². The van der Waals surface area contributed by atoms with E-state index in [1.165, 1.54) is 20.8 Å². The Balaban J connectivity index is 0.00000353. The van der Waals surface area contributed by atoms with Crippen molar-refractivity contribution in [2.45, 2.75) is 72.2 Å². The molecule has 9 nitrogen and oxygen atoms in total. The number of carbonyl (C=O) groups excluding carboxylic acids is 3. The molecule has 1 aliphatic heterocycles. The van der Waals surface area contributed by atoms with Crippen LogP contribution in [0.1, 0.15) is 45.0 Å². The van der Waals surface area contributed by atoms with Crippen molar-refractivity contribution in [3.63, 3.8) is 0 Å². The minimum absolute atomic E-state index is 0. The lowest BCUT2D eigenvalue weighted by Gasteiger charge is -2.41. The van der Waals surface area contributed by atoms with Crippen LogP contribution in [0.25, 0.3) is 32.6 Å². The third kappa shape index (κ3) is 5.10. The number of H-pyrrole nitrogens is 1. The molecule has 1 saturated heterocycles. The van der Waals surface area contributed by atoms with Gasteiger partial charge in [0.15, 0.2) is 24.6 Å². The van der Waals surface area contributed by atoms with Crippen LogP contribution in [0.5, 0.6) is 0 Å². The highest BCUT2D eigenvalue weighted by molar-refractivity contribution is 6.16. The lowest BCUT2D eigenvalue weighted by Crippen LogP contribution is -3.00. The minimum atomic E-state index is -1.06. The smallest absolute Gasteiger partial charge is 0.304 e. The highest BCUT2D eigenvalue weighted by Crippen LogP contribution is 2.37. The number of hydrogen-bond donors (Lipinski definition) is 1. The number of fused-ring (bicyclic) bond motifs is 4. The Morgan fingerprint density at radius 1 is 0.821 bits per heavy atom. The molecule has 0 spiro atoms. The van der Waals surface area contributed by atoms with Gasteiger partial charge in [0.2, 0.25) is 6.10 Å². The number of hydrogen-bond acceptors (Lipinski definition) is 7. The predicted octanol–water partition coefficient (Wildman–Crippen LogP) is 1.10. The summed E-state index contributed by atoms with van der Waals surface area (Å²) in [6.07, 6.45) is -0.741. The maximum Gasteiger partial charge on any atom is 0.304 e. The molecule has 2 aromatic heterocycles. The lowest BCUT2D eigenvalue weighted by molar-refractivity contribution is -0.776. The number of para-hydroxylation sites is 1. The predicted molar refractivity (Wildman–Crippen MR) is 139 cm³/mol. The van der Waals surface area contributed by atoms with Gasteiger partial charge in [-0.3, -0.25) is 14.4 Å². The number of halogens is 1. The van der Waals surface area contributed by atoms with Gasteiger partial charge in [-0.05, 0) is 43.4 Å². The Morgan fingerprint density at radius 2 is 1.44 bits per heavy atom. The van der Waals surface area contributed by atoms with Crippen molar-refractivity contribution in [2.24, 2.45) is 0 Å². The van der Waals surface area contributed by atoms with Crippen LogP contribution in [-0.4, -0.2) is 47.3 Å². The van der Waals surface area contributed by atoms with Crippen molar-refractivity contribution in [2.75, 3.05) is 0 Å². The number of rotatable bonds is 4. The number of nitrogens with one attached hydrogen (secondary N) is 1. The van der Waals surface area contributed by atoms with Gasteiger partial charge in [0.25, 0.3) is 0 Å². The molecule has 1 N–H and O–H groups in total. The van der Waals surface area contributed by atoms with E-state index >= 15 is 0 Å². The number of aromatic amines is 1. The first-order valence-electron chi connectivity index (χ1n) is 12.6. The number of carbonyl (C=O) groups is 3. The van der Waals surface area contributed by atoms with Crippen molar-refractivity contribution in [1.82, 2.24) is 4.98 Å². The highest BCUT2D eigenvalue weighted by Gasteiger charge is 2.54. The van der Waals surface area contributed by atoms with Crippen molar-refractivity contribution in [3.8, 4) is 0 Å².